The number of aromatic nitrogens is 1. The van der Waals surface area contributed by atoms with E-state index in [0.717, 1.165) is 11.3 Å². The summed E-state index contributed by atoms with van der Waals surface area (Å²) in [7, 11) is 1.35. The van der Waals surface area contributed by atoms with Crippen molar-refractivity contribution in [2.75, 3.05) is 18.6 Å². The molecule has 188 valence electrons. The van der Waals surface area contributed by atoms with E-state index in [-0.39, 0.29) is 40.3 Å². The third-order valence-electron chi connectivity index (χ3n) is 5.26. The van der Waals surface area contributed by atoms with Gasteiger partial charge in [0.15, 0.2) is 16.5 Å². The van der Waals surface area contributed by atoms with Gasteiger partial charge in [0.2, 0.25) is 0 Å². The van der Waals surface area contributed by atoms with Crippen molar-refractivity contribution < 1.29 is 34.0 Å². The predicted molar refractivity (Wildman–Crippen MR) is 127 cm³/mol. The number of hydrogen-bond donors (Lipinski definition) is 3. The number of oxime groups is 1. The summed E-state index contributed by atoms with van der Waals surface area (Å²) in [5.74, 6) is -1.82. The Morgan fingerprint density at radius 2 is 2.11 bits per heavy atom. The number of nitrogen functional groups attached to an aromatic ring is 1. The number of nitrogens with two attached hydrogens (primary N) is 1. The molecule has 2 aliphatic rings. The summed E-state index contributed by atoms with van der Waals surface area (Å²) in [5.41, 5.74) is 5.51. The lowest BCUT2D eigenvalue weighted by molar-refractivity contribution is -0.384. The number of non-ortho nitro benzene ring substituents is 1. The second-order valence-electron chi connectivity index (χ2n) is 7.36. The summed E-state index contributed by atoms with van der Waals surface area (Å²) in [6, 6.07) is 4.46. The molecule has 0 bridgehead atoms. The Bertz CT molecular complexity index is 1290. The van der Waals surface area contributed by atoms with E-state index in [1.807, 2.05) is 0 Å². The van der Waals surface area contributed by atoms with Crippen LogP contribution in [0.2, 0.25) is 0 Å². The molecule has 16 heteroatoms. The minimum atomic E-state index is -1.01. The summed E-state index contributed by atoms with van der Waals surface area (Å²) in [6.45, 7) is -0.190. The highest BCUT2D eigenvalue weighted by molar-refractivity contribution is 8.00. The normalized spacial score (nSPS) is 19.3. The van der Waals surface area contributed by atoms with E-state index in [0.29, 0.717) is 5.56 Å². The van der Waals surface area contributed by atoms with Crippen molar-refractivity contribution in [3.8, 4) is 0 Å². The van der Waals surface area contributed by atoms with Gasteiger partial charge in [-0.3, -0.25) is 24.6 Å². The number of fused-ring (bicyclic) bond motifs is 1. The van der Waals surface area contributed by atoms with Crippen molar-refractivity contribution in [1.82, 2.24) is 15.2 Å². The molecule has 4 rings (SSSR count). The second-order valence-corrected chi connectivity index (χ2v) is 9.35. The topological polar surface area (TPSA) is 200 Å². The van der Waals surface area contributed by atoms with E-state index in [4.69, 9.17) is 15.2 Å². The first-order chi connectivity index (χ1) is 17.2. The molecule has 1 aromatic heterocycles. The number of rotatable bonds is 8. The fourth-order valence-corrected chi connectivity index (χ4v) is 5.35. The van der Waals surface area contributed by atoms with Crippen LogP contribution in [0, 0.1) is 10.1 Å². The number of methoxy groups -OCH3 is 1. The zero-order chi connectivity index (χ0) is 26.0. The number of amides is 2. The Kier molecular flexibility index (Phi) is 7.07. The van der Waals surface area contributed by atoms with E-state index >= 15 is 0 Å². The van der Waals surface area contributed by atoms with E-state index in [9.17, 15) is 29.7 Å². The molecule has 1 saturated heterocycles. The van der Waals surface area contributed by atoms with Crippen LogP contribution in [-0.4, -0.2) is 67.8 Å². The molecule has 2 amide bonds. The Hall–Kier alpha value is -4.18. The molecule has 14 nitrogen and oxygen atoms in total. The number of thiazole rings is 1. The van der Waals surface area contributed by atoms with Gasteiger partial charge in [0.1, 0.15) is 29.5 Å². The van der Waals surface area contributed by atoms with E-state index in [1.54, 1.807) is 0 Å². The van der Waals surface area contributed by atoms with Gasteiger partial charge in [-0.2, -0.15) is 0 Å². The maximum Gasteiger partial charge on any atom is 0.358 e. The molecule has 0 aliphatic carbocycles. The highest BCUT2D eigenvalue weighted by Gasteiger charge is 2.55. The molecule has 36 heavy (non-hydrogen) atoms. The van der Waals surface area contributed by atoms with Crippen LogP contribution in [0.4, 0.5) is 10.8 Å². The van der Waals surface area contributed by atoms with Crippen LogP contribution in [0.15, 0.2) is 46.3 Å². The fourth-order valence-electron chi connectivity index (χ4n) is 3.49. The van der Waals surface area contributed by atoms with Crippen molar-refractivity contribution in [3.63, 3.8) is 0 Å². The predicted octanol–water partition coefficient (Wildman–Crippen LogP) is 0.813. The van der Waals surface area contributed by atoms with Crippen molar-refractivity contribution in [2.45, 2.75) is 18.0 Å². The van der Waals surface area contributed by atoms with Gasteiger partial charge < -0.3 is 25.7 Å². The number of carbonyl (C=O) groups is 3. The molecule has 0 unspecified atom stereocenters. The second kappa shape index (κ2) is 10.2. The minimum Gasteiger partial charge on any atom is -0.498 e. The average Bonchev–Trinajstić information content (AvgIpc) is 3.30. The number of benzene rings is 1. The van der Waals surface area contributed by atoms with Gasteiger partial charge in [-0.15, -0.1) is 23.1 Å². The third-order valence-corrected chi connectivity index (χ3v) is 7.18. The molecule has 2 atom stereocenters. The van der Waals surface area contributed by atoms with Gasteiger partial charge >= 0.3 is 5.97 Å². The Balaban J connectivity index is 1.45. The molecule has 1 fully saturated rings. The lowest BCUT2D eigenvalue weighted by atomic mass is 10.0. The number of hydrogen-bond acceptors (Lipinski definition) is 13. The third kappa shape index (κ3) is 4.67. The van der Waals surface area contributed by atoms with Gasteiger partial charge in [-0.25, -0.2) is 9.78 Å². The zero-order valence-corrected chi connectivity index (χ0v) is 20.1. The summed E-state index contributed by atoms with van der Waals surface area (Å²) in [6.07, 6.45) is 0. The number of thioether (sulfide) groups is 1. The van der Waals surface area contributed by atoms with Gasteiger partial charge in [0, 0.05) is 17.5 Å². The van der Waals surface area contributed by atoms with Crippen molar-refractivity contribution in [1.29, 1.82) is 0 Å². The SMILES string of the molecule is COC1=C(C(=O)OCc2ccc([N+](=O)[O-])cc2)N2C(=O)[C@@H](NC(=O)/C(=N/O)c3csc(N)n3)[C@H]2SC1. The smallest absolute Gasteiger partial charge is 0.358 e. The van der Waals surface area contributed by atoms with Crippen molar-refractivity contribution in [2.24, 2.45) is 5.16 Å². The van der Waals surface area contributed by atoms with Gasteiger partial charge in [-0.1, -0.05) is 5.16 Å². The van der Waals surface area contributed by atoms with E-state index in [2.05, 4.69) is 15.5 Å². The molecular formula is C20H18N6O8S2. The zero-order valence-electron chi connectivity index (χ0n) is 18.4. The highest BCUT2D eigenvalue weighted by atomic mass is 32.2. The maximum absolute atomic E-state index is 12.9. The number of ether oxygens (including phenoxy) is 2. The monoisotopic (exact) mass is 534 g/mol. The fraction of sp³-hybridized carbons (Fsp3) is 0.250. The number of nitrogens with zero attached hydrogens (tertiary/aromatic N) is 4. The quantitative estimate of drug-likeness (QED) is 0.108. The Labute approximate surface area is 210 Å². The van der Waals surface area contributed by atoms with Gasteiger partial charge in [-0.05, 0) is 17.7 Å². The number of carbonyl (C=O) groups excluding carboxylic acids is 3. The van der Waals surface area contributed by atoms with Gasteiger partial charge in [0.05, 0.1) is 17.8 Å². The number of nitrogens with one attached hydrogen (secondary N) is 1. The summed E-state index contributed by atoms with van der Waals surface area (Å²) in [5, 5.41) is 26.5. The van der Waals surface area contributed by atoms with E-state index in [1.165, 1.54) is 53.4 Å². The molecule has 0 spiro atoms. The molecule has 0 radical (unpaired) electrons. The van der Waals surface area contributed by atoms with E-state index < -0.39 is 39.8 Å². The largest absolute Gasteiger partial charge is 0.498 e. The first-order valence-electron chi connectivity index (χ1n) is 10.1. The number of β-lactam (4-membered cyclic amide) rings is 1. The van der Waals surface area contributed by atoms with Crippen LogP contribution in [0.1, 0.15) is 11.3 Å². The van der Waals surface area contributed by atoms with Crippen molar-refractivity contribution >= 4 is 57.4 Å². The molecule has 3 heterocycles. The summed E-state index contributed by atoms with van der Waals surface area (Å²) in [4.78, 5) is 53.8. The average molecular weight is 535 g/mol. The number of esters is 1. The van der Waals surface area contributed by atoms with Crippen LogP contribution in [0.3, 0.4) is 0 Å². The molecule has 2 aromatic rings. The van der Waals surface area contributed by atoms with Crippen LogP contribution in [0.5, 0.6) is 0 Å². The Morgan fingerprint density at radius 3 is 2.69 bits per heavy atom. The minimum absolute atomic E-state index is 0.0505. The summed E-state index contributed by atoms with van der Waals surface area (Å²) >= 11 is 2.31. The molecule has 0 saturated carbocycles. The Morgan fingerprint density at radius 1 is 1.39 bits per heavy atom. The highest BCUT2D eigenvalue weighted by Crippen LogP contribution is 2.41. The van der Waals surface area contributed by atoms with Crippen LogP contribution < -0.4 is 11.1 Å². The summed E-state index contributed by atoms with van der Waals surface area (Å²) < 4.78 is 10.6. The molecule has 4 N–H and O–H groups in total. The number of nitro benzene ring substituents is 1. The van der Waals surface area contributed by atoms with Crippen LogP contribution in [0.25, 0.3) is 0 Å². The first-order valence-corrected chi connectivity index (χ1v) is 12.0. The number of nitro groups is 1. The number of anilines is 1. The molecular weight excluding hydrogens is 516 g/mol. The van der Waals surface area contributed by atoms with Gasteiger partial charge in [0.25, 0.3) is 17.5 Å². The maximum atomic E-state index is 12.9. The lowest BCUT2D eigenvalue weighted by Gasteiger charge is -2.49. The molecule has 2 aliphatic heterocycles. The molecule has 1 aromatic carbocycles. The van der Waals surface area contributed by atoms with Crippen LogP contribution in [-0.2, 0) is 30.5 Å². The van der Waals surface area contributed by atoms with Crippen molar-refractivity contribution in [3.05, 3.63) is 62.5 Å². The first kappa shape index (κ1) is 24.9. The lowest BCUT2D eigenvalue weighted by Crippen LogP contribution is -2.71. The van der Waals surface area contributed by atoms with Crippen LogP contribution >= 0.6 is 23.1 Å². The standard InChI is InChI=1S/C20H18N6O8S2/c1-33-12-8-35-18-14(23-16(27)13(24-30)11-7-36-20(21)22-11)17(28)25(18)15(12)19(29)34-6-9-2-4-10(5-3-9)26(31)32/h2-5,7,14,18,30H,6,8H2,1H3,(H2,21,22)(H,23,27)/b24-13+/t14-,18-/m1/s1.